The number of sulfonamides is 1. The second kappa shape index (κ2) is 5.50. The van der Waals surface area contributed by atoms with E-state index in [1.165, 1.54) is 29.5 Å². The van der Waals surface area contributed by atoms with Gasteiger partial charge >= 0.3 is 0 Å². The molecule has 1 aromatic heterocycles. The van der Waals surface area contributed by atoms with E-state index in [2.05, 4.69) is 4.72 Å². The molecule has 7 heteroatoms. The number of hydrogen-bond acceptors (Lipinski definition) is 4. The second-order valence-electron chi connectivity index (χ2n) is 4.04. The molecular weight excluding hydrogens is 304 g/mol. The normalized spacial score (nSPS) is 13.4. The Morgan fingerprint density at radius 1 is 1.37 bits per heavy atom. The number of rotatable bonds is 4. The number of anilines is 1. The first-order valence-corrected chi connectivity index (χ1v) is 8.25. The minimum Gasteiger partial charge on any atom is -0.398 e. The van der Waals surface area contributed by atoms with E-state index in [9.17, 15) is 8.42 Å². The molecule has 19 heavy (non-hydrogen) atoms. The SMILES string of the molecule is CC(NS(=O)(=O)c1ccc(N)c(Cl)c1)c1cccs1. The molecular formula is C12H13ClN2O2S2. The van der Waals surface area contributed by atoms with Crippen molar-refractivity contribution >= 4 is 38.6 Å². The van der Waals surface area contributed by atoms with Gasteiger partial charge in [0.25, 0.3) is 0 Å². The van der Waals surface area contributed by atoms with Crippen molar-refractivity contribution in [2.24, 2.45) is 0 Å². The first-order valence-electron chi connectivity index (χ1n) is 5.51. The molecule has 0 aliphatic carbocycles. The molecule has 2 aromatic rings. The Labute approximate surface area is 121 Å². The Bertz CT molecular complexity index is 669. The molecule has 2 rings (SSSR count). The molecule has 3 N–H and O–H groups in total. The molecule has 0 amide bonds. The van der Waals surface area contributed by atoms with Gasteiger partial charge in [-0.05, 0) is 36.6 Å². The van der Waals surface area contributed by atoms with E-state index in [1.807, 2.05) is 17.5 Å². The van der Waals surface area contributed by atoms with Gasteiger partial charge in [-0.3, -0.25) is 0 Å². The van der Waals surface area contributed by atoms with Gasteiger partial charge in [0.05, 0.1) is 21.6 Å². The van der Waals surface area contributed by atoms with E-state index < -0.39 is 10.0 Å². The predicted molar refractivity (Wildman–Crippen MR) is 78.9 cm³/mol. The molecule has 102 valence electrons. The summed E-state index contributed by atoms with van der Waals surface area (Å²) in [6, 6.07) is 7.73. The van der Waals surface area contributed by atoms with E-state index in [-0.39, 0.29) is 16.0 Å². The van der Waals surface area contributed by atoms with Crippen LogP contribution in [0.25, 0.3) is 0 Å². The number of nitrogens with two attached hydrogens (primary N) is 1. The minimum absolute atomic E-state index is 0.107. The van der Waals surface area contributed by atoms with Crippen LogP contribution in [0.15, 0.2) is 40.6 Å². The molecule has 1 aromatic carbocycles. The van der Waals surface area contributed by atoms with Gasteiger partial charge in [0.2, 0.25) is 10.0 Å². The third-order valence-electron chi connectivity index (χ3n) is 2.58. The Morgan fingerprint density at radius 2 is 2.11 bits per heavy atom. The van der Waals surface area contributed by atoms with Crippen LogP contribution in [0.1, 0.15) is 17.8 Å². The molecule has 0 radical (unpaired) electrons. The summed E-state index contributed by atoms with van der Waals surface area (Å²) in [7, 11) is -3.61. The van der Waals surface area contributed by atoms with E-state index >= 15 is 0 Å². The monoisotopic (exact) mass is 316 g/mol. The number of thiophene rings is 1. The van der Waals surface area contributed by atoms with Crippen LogP contribution >= 0.6 is 22.9 Å². The lowest BCUT2D eigenvalue weighted by Gasteiger charge is -2.13. The summed E-state index contributed by atoms with van der Waals surface area (Å²) in [4.78, 5) is 1.06. The Kier molecular flexibility index (Phi) is 4.15. The van der Waals surface area contributed by atoms with Crippen LogP contribution in [-0.2, 0) is 10.0 Å². The van der Waals surface area contributed by atoms with Crippen molar-refractivity contribution < 1.29 is 8.42 Å². The highest BCUT2D eigenvalue weighted by Crippen LogP contribution is 2.25. The van der Waals surface area contributed by atoms with Gasteiger partial charge in [-0.2, -0.15) is 0 Å². The number of nitrogen functional groups attached to an aromatic ring is 1. The molecule has 0 aliphatic heterocycles. The molecule has 0 fully saturated rings. The van der Waals surface area contributed by atoms with Crippen LogP contribution in [0.4, 0.5) is 5.69 Å². The summed E-state index contributed by atoms with van der Waals surface area (Å²) in [5, 5.41) is 2.13. The molecule has 1 unspecified atom stereocenters. The van der Waals surface area contributed by atoms with E-state index in [0.717, 1.165) is 4.88 Å². The Hall–Kier alpha value is -1.08. The van der Waals surface area contributed by atoms with Crippen LogP contribution in [0, 0.1) is 0 Å². The fraction of sp³-hybridized carbons (Fsp3) is 0.167. The zero-order chi connectivity index (χ0) is 14.0. The fourth-order valence-electron chi connectivity index (χ4n) is 1.57. The topological polar surface area (TPSA) is 72.2 Å². The quantitative estimate of drug-likeness (QED) is 0.852. The standard InChI is InChI=1S/C12H13ClN2O2S2/c1-8(12-3-2-6-18-12)15-19(16,17)9-4-5-11(14)10(13)7-9/h2-8,15H,14H2,1H3. The molecule has 1 atom stereocenters. The maximum atomic E-state index is 12.2. The van der Waals surface area contributed by atoms with Crippen molar-refractivity contribution in [3.05, 3.63) is 45.6 Å². The lowest BCUT2D eigenvalue weighted by atomic mass is 10.3. The third-order valence-corrected chi connectivity index (χ3v) is 5.50. The van der Waals surface area contributed by atoms with Gasteiger partial charge < -0.3 is 5.73 Å². The van der Waals surface area contributed by atoms with Gasteiger partial charge in [-0.15, -0.1) is 11.3 Å². The lowest BCUT2D eigenvalue weighted by Crippen LogP contribution is -2.26. The van der Waals surface area contributed by atoms with Gasteiger partial charge in [0.15, 0.2) is 0 Å². The van der Waals surface area contributed by atoms with Crippen molar-refractivity contribution in [1.29, 1.82) is 0 Å². The third kappa shape index (κ3) is 3.27. The number of halogens is 1. The summed E-state index contributed by atoms with van der Waals surface area (Å²) in [6.45, 7) is 1.79. The number of benzene rings is 1. The van der Waals surface area contributed by atoms with Crippen molar-refractivity contribution in [3.8, 4) is 0 Å². The van der Waals surface area contributed by atoms with Crippen LogP contribution in [0.5, 0.6) is 0 Å². The summed E-state index contributed by atoms with van der Waals surface area (Å²) >= 11 is 7.34. The summed E-state index contributed by atoms with van der Waals surface area (Å²) in [5.74, 6) is 0. The fourth-order valence-corrected chi connectivity index (χ4v) is 3.87. The molecule has 0 aliphatic rings. The molecule has 0 spiro atoms. The van der Waals surface area contributed by atoms with Crippen molar-refractivity contribution in [2.45, 2.75) is 17.9 Å². The van der Waals surface area contributed by atoms with Crippen molar-refractivity contribution in [2.75, 3.05) is 5.73 Å². The predicted octanol–water partition coefficient (Wildman–Crippen LogP) is 3.02. The first-order chi connectivity index (χ1) is 8.90. The van der Waals surface area contributed by atoms with Gasteiger partial charge in [-0.1, -0.05) is 17.7 Å². The van der Waals surface area contributed by atoms with Crippen molar-refractivity contribution in [1.82, 2.24) is 4.72 Å². The zero-order valence-corrected chi connectivity index (χ0v) is 12.5. The van der Waals surface area contributed by atoms with Crippen LogP contribution in [0.2, 0.25) is 5.02 Å². The lowest BCUT2D eigenvalue weighted by molar-refractivity contribution is 0.568. The maximum Gasteiger partial charge on any atom is 0.241 e. The summed E-state index contributed by atoms with van der Waals surface area (Å²) in [6.07, 6.45) is 0. The minimum atomic E-state index is -3.61. The highest BCUT2D eigenvalue weighted by molar-refractivity contribution is 7.89. The molecule has 1 heterocycles. The highest BCUT2D eigenvalue weighted by Gasteiger charge is 2.19. The first kappa shape index (κ1) is 14.3. The molecule has 0 bridgehead atoms. The summed E-state index contributed by atoms with van der Waals surface area (Å²) in [5.41, 5.74) is 5.92. The number of hydrogen-bond donors (Lipinski definition) is 2. The Morgan fingerprint density at radius 3 is 2.68 bits per heavy atom. The second-order valence-corrected chi connectivity index (χ2v) is 7.14. The zero-order valence-electron chi connectivity index (χ0n) is 10.1. The van der Waals surface area contributed by atoms with Crippen LogP contribution in [0.3, 0.4) is 0 Å². The Balaban J connectivity index is 2.25. The van der Waals surface area contributed by atoms with Gasteiger partial charge in [-0.25, -0.2) is 13.1 Å². The smallest absolute Gasteiger partial charge is 0.241 e. The maximum absolute atomic E-state index is 12.2. The number of nitrogens with one attached hydrogen (secondary N) is 1. The van der Waals surface area contributed by atoms with Gasteiger partial charge in [0.1, 0.15) is 0 Å². The van der Waals surface area contributed by atoms with Crippen LogP contribution < -0.4 is 10.5 Å². The summed E-state index contributed by atoms with van der Waals surface area (Å²) < 4.78 is 27.0. The molecule has 0 saturated heterocycles. The largest absolute Gasteiger partial charge is 0.398 e. The van der Waals surface area contributed by atoms with Crippen LogP contribution in [-0.4, -0.2) is 8.42 Å². The van der Waals surface area contributed by atoms with Crippen molar-refractivity contribution in [3.63, 3.8) is 0 Å². The average molecular weight is 317 g/mol. The molecule has 4 nitrogen and oxygen atoms in total. The average Bonchev–Trinajstić information content (AvgIpc) is 2.85. The highest BCUT2D eigenvalue weighted by atomic mass is 35.5. The van der Waals surface area contributed by atoms with E-state index in [0.29, 0.717) is 5.69 Å². The van der Waals surface area contributed by atoms with E-state index in [4.69, 9.17) is 17.3 Å². The van der Waals surface area contributed by atoms with E-state index in [1.54, 1.807) is 6.92 Å². The molecule has 0 saturated carbocycles. The van der Waals surface area contributed by atoms with Gasteiger partial charge in [0, 0.05) is 4.88 Å².